The summed E-state index contributed by atoms with van der Waals surface area (Å²) in [4.78, 5) is 26.2. The second kappa shape index (κ2) is 9.29. The van der Waals surface area contributed by atoms with E-state index in [2.05, 4.69) is 31.5 Å². The number of benzene rings is 1. The summed E-state index contributed by atoms with van der Waals surface area (Å²) < 4.78 is 13.7. The third-order valence-corrected chi connectivity index (χ3v) is 8.94. The number of fused-ring (bicyclic) bond motifs is 2. The average molecular weight is 518 g/mol. The van der Waals surface area contributed by atoms with Gasteiger partial charge in [-0.25, -0.2) is 10.4 Å². The van der Waals surface area contributed by atoms with E-state index in [-0.39, 0.29) is 35.1 Å². The standard InChI is InChI=1S/C27H28FN7OS/c28-23-8-7-22(37-23)17-5-2-6-19-24(17)33-26(32-19)25-18-10-20(30-13-21(18)34-35-25)15-9-16(12-29-11-15)31-27(36)14-3-1-4-14/h2,5-9,11-12,14,18,20-21,25,30,34-35H,1,3-4,10,13H2,(H,31,36)(H,32,33). The molecule has 1 saturated carbocycles. The Balaban J connectivity index is 1.12. The van der Waals surface area contributed by atoms with Gasteiger partial charge < -0.3 is 15.6 Å². The molecule has 2 aliphatic heterocycles. The van der Waals surface area contributed by atoms with Crippen molar-refractivity contribution in [1.29, 1.82) is 0 Å². The van der Waals surface area contributed by atoms with Gasteiger partial charge in [-0.2, -0.15) is 4.39 Å². The number of nitrogens with zero attached hydrogens (tertiary/aromatic N) is 2. The smallest absolute Gasteiger partial charge is 0.227 e. The van der Waals surface area contributed by atoms with Crippen LogP contribution in [0.3, 0.4) is 0 Å². The second-order valence-corrected chi connectivity index (χ2v) is 11.3. The van der Waals surface area contributed by atoms with Crippen LogP contribution in [0.4, 0.5) is 10.1 Å². The fourth-order valence-electron chi connectivity index (χ4n) is 5.78. The minimum Gasteiger partial charge on any atom is -0.341 e. The first-order valence-corrected chi connectivity index (χ1v) is 13.7. The zero-order chi connectivity index (χ0) is 24.9. The molecule has 1 amide bonds. The van der Waals surface area contributed by atoms with Gasteiger partial charge in [0.25, 0.3) is 0 Å². The fraction of sp³-hybridized carbons (Fsp3) is 0.370. The van der Waals surface area contributed by atoms with E-state index in [1.165, 1.54) is 6.07 Å². The number of anilines is 1. The Morgan fingerprint density at radius 2 is 2.05 bits per heavy atom. The molecule has 3 aliphatic rings. The lowest BCUT2D eigenvalue weighted by molar-refractivity contribution is -0.122. The van der Waals surface area contributed by atoms with E-state index in [0.29, 0.717) is 5.92 Å². The summed E-state index contributed by atoms with van der Waals surface area (Å²) in [5, 5.41) is 6.49. The number of carbonyl (C=O) groups is 1. The highest BCUT2D eigenvalue weighted by Gasteiger charge is 2.42. The van der Waals surface area contributed by atoms with Crippen molar-refractivity contribution in [3.05, 3.63) is 65.3 Å². The molecule has 0 radical (unpaired) electrons. The van der Waals surface area contributed by atoms with Crippen LogP contribution in [0.25, 0.3) is 21.5 Å². The van der Waals surface area contributed by atoms with Crippen molar-refractivity contribution in [2.24, 2.45) is 11.8 Å². The lowest BCUT2D eigenvalue weighted by Crippen LogP contribution is -2.46. The molecule has 1 aromatic carbocycles. The maximum absolute atomic E-state index is 13.7. The van der Waals surface area contributed by atoms with Gasteiger partial charge in [-0.1, -0.05) is 18.6 Å². The van der Waals surface area contributed by atoms with Crippen molar-refractivity contribution in [3.63, 3.8) is 0 Å². The van der Waals surface area contributed by atoms with Gasteiger partial charge in [0.05, 0.1) is 29.0 Å². The van der Waals surface area contributed by atoms with Crippen LogP contribution in [-0.4, -0.2) is 33.4 Å². The monoisotopic (exact) mass is 517 g/mol. The third-order valence-electron chi connectivity index (χ3n) is 8.03. The zero-order valence-electron chi connectivity index (χ0n) is 20.1. The number of rotatable bonds is 5. The van der Waals surface area contributed by atoms with E-state index in [4.69, 9.17) is 4.98 Å². The Labute approximate surface area is 217 Å². The summed E-state index contributed by atoms with van der Waals surface area (Å²) in [6.07, 6.45) is 7.57. The van der Waals surface area contributed by atoms with Gasteiger partial charge in [0.1, 0.15) is 5.82 Å². The summed E-state index contributed by atoms with van der Waals surface area (Å²) in [5.41, 5.74) is 11.5. The topological polar surface area (TPSA) is 107 Å². The Morgan fingerprint density at radius 3 is 2.86 bits per heavy atom. The largest absolute Gasteiger partial charge is 0.341 e. The Morgan fingerprint density at radius 1 is 1.14 bits per heavy atom. The Bertz CT molecular complexity index is 1460. The number of aromatic amines is 1. The molecule has 4 aromatic rings. The fourth-order valence-corrected chi connectivity index (χ4v) is 6.54. The van der Waals surface area contributed by atoms with Gasteiger partial charge in [0, 0.05) is 47.1 Å². The van der Waals surface area contributed by atoms with Crippen LogP contribution in [0.5, 0.6) is 0 Å². The van der Waals surface area contributed by atoms with Crippen LogP contribution in [0.2, 0.25) is 0 Å². The number of para-hydroxylation sites is 1. The van der Waals surface area contributed by atoms with Crippen LogP contribution >= 0.6 is 11.3 Å². The Kier molecular flexibility index (Phi) is 5.77. The molecule has 0 spiro atoms. The number of H-pyrrole nitrogens is 1. The van der Waals surface area contributed by atoms with Crippen molar-refractivity contribution in [2.45, 2.75) is 43.8 Å². The summed E-state index contributed by atoms with van der Waals surface area (Å²) in [6, 6.07) is 11.7. The van der Waals surface area contributed by atoms with Gasteiger partial charge >= 0.3 is 0 Å². The van der Waals surface area contributed by atoms with Crippen LogP contribution < -0.4 is 21.5 Å². The first-order valence-electron chi connectivity index (χ1n) is 12.9. The number of amides is 1. The van der Waals surface area contributed by atoms with Crippen LogP contribution in [0.1, 0.15) is 49.2 Å². The lowest BCUT2D eigenvalue weighted by atomic mass is 9.82. The molecule has 0 bridgehead atoms. The molecule has 1 aliphatic carbocycles. The van der Waals surface area contributed by atoms with Crippen molar-refractivity contribution < 1.29 is 9.18 Å². The highest BCUT2D eigenvalue weighted by atomic mass is 32.1. The normalized spacial score (nSPS) is 25.6. The number of thiophene rings is 1. The van der Waals surface area contributed by atoms with E-state index in [1.54, 1.807) is 6.20 Å². The first kappa shape index (κ1) is 23.0. The zero-order valence-corrected chi connectivity index (χ0v) is 20.9. The van der Waals surface area contributed by atoms with Crippen LogP contribution in [0, 0.1) is 17.0 Å². The molecular formula is C27H28FN7OS. The number of imidazole rings is 1. The quantitative estimate of drug-likeness (QED) is 0.268. The molecule has 190 valence electrons. The van der Waals surface area contributed by atoms with Gasteiger partial charge in [0.2, 0.25) is 5.91 Å². The number of hydrogen-bond acceptors (Lipinski definition) is 7. The number of pyridine rings is 1. The molecule has 4 atom stereocenters. The molecular weight excluding hydrogens is 489 g/mol. The number of piperidine rings is 1. The number of hydrazine groups is 1. The maximum atomic E-state index is 13.7. The number of aromatic nitrogens is 3. The molecule has 4 unspecified atom stereocenters. The lowest BCUT2D eigenvalue weighted by Gasteiger charge is -2.34. The number of carbonyl (C=O) groups excluding carboxylic acids is 1. The molecule has 2 saturated heterocycles. The number of nitrogens with one attached hydrogen (secondary N) is 5. The van der Waals surface area contributed by atoms with Crippen molar-refractivity contribution >= 4 is 34.0 Å². The van der Waals surface area contributed by atoms with Crippen molar-refractivity contribution in [3.8, 4) is 10.4 Å². The minimum atomic E-state index is -0.200. The van der Waals surface area contributed by atoms with Gasteiger partial charge in [0.15, 0.2) is 5.13 Å². The SMILES string of the molecule is O=C(Nc1cncc(C2CC3C(CN2)NNC3c2nc3c(-c4ccc(F)s4)cccc3[nH]2)c1)C1CCC1. The highest BCUT2D eigenvalue weighted by molar-refractivity contribution is 7.14. The maximum Gasteiger partial charge on any atom is 0.227 e. The summed E-state index contributed by atoms with van der Waals surface area (Å²) in [5.74, 6) is 1.40. The van der Waals surface area contributed by atoms with Crippen LogP contribution in [-0.2, 0) is 4.79 Å². The van der Waals surface area contributed by atoms with E-state index < -0.39 is 0 Å². The minimum absolute atomic E-state index is 0.00406. The highest BCUT2D eigenvalue weighted by Crippen LogP contribution is 2.40. The number of hydrogen-bond donors (Lipinski definition) is 5. The molecule has 3 fully saturated rings. The van der Waals surface area contributed by atoms with E-state index >= 15 is 0 Å². The average Bonchev–Trinajstić information content (AvgIpc) is 3.60. The molecule has 37 heavy (non-hydrogen) atoms. The molecule has 7 rings (SSSR count). The molecule has 10 heteroatoms. The molecule has 5 N–H and O–H groups in total. The Hall–Kier alpha value is -3.18. The summed E-state index contributed by atoms with van der Waals surface area (Å²) in [7, 11) is 0. The molecule has 5 heterocycles. The van der Waals surface area contributed by atoms with E-state index in [0.717, 1.165) is 82.1 Å². The van der Waals surface area contributed by atoms with Gasteiger partial charge in [-0.05, 0) is 49.1 Å². The number of halogens is 1. The van der Waals surface area contributed by atoms with Crippen molar-refractivity contribution in [2.75, 3.05) is 11.9 Å². The van der Waals surface area contributed by atoms with E-state index in [9.17, 15) is 9.18 Å². The second-order valence-electron chi connectivity index (χ2n) is 10.3. The first-order chi connectivity index (χ1) is 18.1. The van der Waals surface area contributed by atoms with Gasteiger partial charge in [-0.3, -0.25) is 15.2 Å². The summed E-state index contributed by atoms with van der Waals surface area (Å²) >= 11 is 1.13. The predicted molar refractivity (Wildman–Crippen MR) is 141 cm³/mol. The van der Waals surface area contributed by atoms with Gasteiger partial charge in [-0.15, -0.1) is 11.3 Å². The van der Waals surface area contributed by atoms with Crippen LogP contribution in [0.15, 0.2) is 48.8 Å². The predicted octanol–water partition coefficient (Wildman–Crippen LogP) is 4.43. The molecule has 8 nitrogen and oxygen atoms in total. The summed E-state index contributed by atoms with van der Waals surface area (Å²) in [6.45, 7) is 0.803. The molecule has 3 aromatic heterocycles. The van der Waals surface area contributed by atoms with E-state index in [1.807, 2.05) is 36.5 Å². The van der Waals surface area contributed by atoms with Crippen molar-refractivity contribution in [1.82, 2.24) is 31.1 Å². The third kappa shape index (κ3) is 4.23.